The first kappa shape index (κ1) is 20.0. The van der Waals surface area contributed by atoms with Crippen LogP contribution in [0.25, 0.3) is 0 Å². The highest BCUT2D eigenvalue weighted by atomic mass is 35.5. The van der Waals surface area contributed by atoms with Crippen molar-refractivity contribution < 1.29 is 19.1 Å². The van der Waals surface area contributed by atoms with E-state index in [9.17, 15) is 9.59 Å². The van der Waals surface area contributed by atoms with Crippen LogP contribution in [0.4, 0.5) is 5.69 Å². The average molecular weight is 400 g/mol. The smallest absolute Gasteiger partial charge is 0.344 e. The van der Waals surface area contributed by atoms with Crippen LogP contribution in [0.3, 0.4) is 0 Å². The minimum atomic E-state index is -0.607. The van der Waals surface area contributed by atoms with Crippen molar-refractivity contribution in [2.45, 2.75) is 19.3 Å². The molecule has 3 rings (SSSR count). The normalized spacial score (nSPS) is 16.0. The molecule has 0 radical (unpaired) electrons. The molecule has 0 aromatic heterocycles. The number of carbonyl (C=O) groups excluding carboxylic acids is 2. The predicted molar refractivity (Wildman–Crippen MR) is 109 cm³/mol. The summed E-state index contributed by atoms with van der Waals surface area (Å²) in [5.74, 6) is -0.381. The van der Waals surface area contributed by atoms with Crippen LogP contribution in [-0.4, -0.2) is 32.0 Å². The second kappa shape index (κ2) is 8.07. The van der Waals surface area contributed by atoms with Gasteiger partial charge in [0.15, 0.2) is 19.0 Å². The number of nitrogens with zero attached hydrogens (tertiary/aromatic N) is 1. The Hall–Kier alpha value is -2.79. The summed E-state index contributed by atoms with van der Waals surface area (Å²) in [6.45, 7) is 3.54. The monoisotopic (exact) mass is 399 g/mol. The van der Waals surface area contributed by atoms with Gasteiger partial charge in [-0.05, 0) is 35.9 Å². The first-order valence-electron chi connectivity index (χ1n) is 8.91. The molecule has 2 aromatic carbocycles. The van der Waals surface area contributed by atoms with Crippen LogP contribution in [0.15, 0.2) is 60.3 Å². The molecule has 5 nitrogen and oxygen atoms in total. The quantitative estimate of drug-likeness (QED) is 0.539. The van der Waals surface area contributed by atoms with E-state index < -0.39 is 5.97 Å². The topological polar surface area (TPSA) is 55.8 Å². The Morgan fingerprint density at radius 2 is 1.75 bits per heavy atom. The van der Waals surface area contributed by atoms with Gasteiger partial charge in [-0.25, -0.2) is 4.79 Å². The molecule has 1 aliphatic heterocycles. The highest BCUT2D eigenvalue weighted by Gasteiger charge is 2.38. The van der Waals surface area contributed by atoms with Crippen molar-refractivity contribution in [2.24, 2.45) is 0 Å². The van der Waals surface area contributed by atoms with Crippen molar-refractivity contribution >= 4 is 29.0 Å². The number of ether oxygens (including phenoxy) is 2. The Balaban J connectivity index is 1.56. The number of hydrogen-bond donors (Lipinski definition) is 0. The van der Waals surface area contributed by atoms with Crippen LogP contribution < -0.4 is 9.64 Å². The number of fused-ring (bicyclic) bond motifs is 1. The minimum Gasteiger partial charge on any atom is -0.482 e. The molecule has 6 heteroatoms. The fraction of sp³-hybridized carbons (Fsp3) is 0.273. The molecule has 0 fully saturated rings. The molecule has 1 heterocycles. The van der Waals surface area contributed by atoms with Gasteiger partial charge in [-0.1, -0.05) is 43.6 Å². The molecular formula is C22H22ClNO4. The Kier molecular flexibility index (Phi) is 5.75. The van der Waals surface area contributed by atoms with Crippen LogP contribution in [0, 0.1) is 0 Å². The number of carbonyl (C=O) groups is 2. The lowest BCUT2D eigenvalue weighted by atomic mass is 9.83. The number of likely N-dealkylation sites (N-methyl/N-ethyl adjacent to an activating group) is 1. The second-order valence-electron chi connectivity index (χ2n) is 7.10. The predicted octanol–water partition coefficient (Wildman–Crippen LogP) is 4.14. The molecule has 0 unspecified atom stereocenters. The maximum absolute atomic E-state index is 12.4. The van der Waals surface area contributed by atoms with Gasteiger partial charge in [0.2, 0.25) is 0 Å². The van der Waals surface area contributed by atoms with Gasteiger partial charge in [-0.3, -0.25) is 4.79 Å². The molecule has 0 spiro atoms. The van der Waals surface area contributed by atoms with Crippen LogP contribution >= 0.6 is 11.6 Å². The zero-order valence-corrected chi connectivity index (χ0v) is 16.8. The number of rotatable bonds is 6. The summed E-state index contributed by atoms with van der Waals surface area (Å²) in [5.41, 5.74) is 2.79. The number of allylic oxidation sites excluding steroid dienone is 1. The lowest BCUT2D eigenvalue weighted by Gasteiger charge is -2.23. The zero-order chi connectivity index (χ0) is 20.3. The first-order chi connectivity index (χ1) is 13.3. The van der Waals surface area contributed by atoms with E-state index in [1.165, 1.54) is 0 Å². The zero-order valence-electron chi connectivity index (χ0n) is 16.1. The minimum absolute atomic E-state index is 0.275. The van der Waals surface area contributed by atoms with Crippen LogP contribution in [0.5, 0.6) is 5.75 Å². The molecule has 0 aliphatic carbocycles. The van der Waals surface area contributed by atoms with Crippen molar-refractivity contribution in [2.75, 3.05) is 25.2 Å². The maximum atomic E-state index is 12.4. The summed E-state index contributed by atoms with van der Waals surface area (Å²) in [6.07, 6.45) is 1.55. The maximum Gasteiger partial charge on any atom is 0.344 e. The second-order valence-corrected chi connectivity index (χ2v) is 7.54. The Morgan fingerprint density at radius 3 is 2.43 bits per heavy atom. The van der Waals surface area contributed by atoms with Crippen LogP contribution in [0.1, 0.15) is 19.4 Å². The number of anilines is 1. The Bertz CT molecular complexity index is 918. The third-order valence-corrected chi connectivity index (χ3v) is 5.04. The molecule has 0 N–H and O–H groups in total. The number of para-hydroxylation sites is 1. The van der Waals surface area contributed by atoms with E-state index in [4.69, 9.17) is 21.1 Å². The number of benzene rings is 2. The number of halogens is 1. The Morgan fingerprint density at radius 1 is 1.07 bits per heavy atom. The average Bonchev–Trinajstić information content (AvgIpc) is 2.87. The van der Waals surface area contributed by atoms with E-state index in [-0.39, 0.29) is 24.4 Å². The highest BCUT2D eigenvalue weighted by Crippen LogP contribution is 2.46. The first-order valence-corrected chi connectivity index (χ1v) is 9.29. The molecule has 28 heavy (non-hydrogen) atoms. The number of ketones is 1. The SMILES string of the molecule is CN1C(=CC(=O)COC(=O)COc2ccc(Cl)cc2)C(C)(C)c2ccccc21. The van der Waals surface area contributed by atoms with E-state index in [1.807, 2.05) is 30.1 Å². The fourth-order valence-corrected chi connectivity index (χ4v) is 3.45. The van der Waals surface area contributed by atoms with Crippen molar-refractivity contribution in [1.82, 2.24) is 0 Å². The van der Waals surface area contributed by atoms with Crippen LogP contribution in [0.2, 0.25) is 5.02 Å². The van der Waals surface area contributed by atoms with Crippen molar-refractivity contribution in [1.29, 1.82) is 0 Å². The molecule has 0 saturated heterocycles. The van der Waals surface area contributed by atoms with Gasteiger partial charge in [0, 0.05) is 34.9 Å². The molecule has 0 amide bonds. The summed E-state index contributed by atoms with van der Waals surface area (Å²) in [6, 6.07) is 14.7. The third kappa shape index (κ3) is 4.20. The molecular weight excluding hydrogens is 378 g/mol. The van der Waals surface area contributed by atoms with Gasteiger partial charge >= 0.3 is 5.97 Å². The van der Waals surface area contributed by atoms with Crippen LogP contribution in [-0.2, 0) is 19.7 Å². The molecule has 2 aromatic rings. The standard InChI is InChI=1S/C22H22ClNO4/c1-22(2)18-6-4-5-7-19(18)24(3)20(22)12-16(25)13-28-21(26)14-27-17-10-8-15(23)9-11-17/h4-12H,13-14H2,1-3H3. The van der Waals surface area contributed by atoms with E-state index in [1.54, 1.807) is 30.3 Å². The van der Waals surface area contributed by atoms with Gasteiger partial charge in [-0.15, -0.1) is 0 Å². The third-order valence-electron chi connectivity index (χ3n) is 4.78. The summed E-state index contributed by atoms with van der Waals surface area (Å²) < 4.78 is 10.4. The Labute approximate surface area is 169 Å². The summed E-state index contributed by atoms with van der Waals surface area (Å²) in [4.78, 5) is 26.2. The van der Waals surface area contributed by atoms with Crippen molar-refractivity contribution in [3.63, 3.8) is 0 Å². The van der Waals surface area contributed by atoms with Gasteiger partial charge in [0.05, 0.1) is 0 Å². The van der Waals surface area contributed by atoms with Gasteiger partial charge < -0.3 is 14.4 Å². The lowest BCUT2D eigenvalue weighted by Crippen LogP contribution is -2.25. The van der Waals surface area contributed by atoms with Crippen molar-refractivity contribution in [3.8, 4) is 5.75 Å². The highest BCUT2D eigenvalue weighted by molar-refractivity contribution is 6.30. The number of hydrogen-bond acceptors (Lipinski definition) is 5. The largest absolute Gasteiger partial charge is 0.482 e. The van der Waals surface area contributed by atoms with E-state index >= 15 is 0 Å². The molecule has 146 valence electrons. The van der Waals surface area contributed by atoms with Gasteiger partial charge in [0.25, 0.3) is 0 Å². The number of esters is 1. The molecule has 0 atom stereocenters. The van der Waals surface area contributed by atoms with Gasteiger partial charge in [-0.2, -0.15) is 0 Å². The van der Waals surface area contributed by atoms with Crippen molar-refractivity contribution in [3.05, 3.63) is 70.9 Å². The summed E-state index contributed by atoms with van der Waals surface area (Å²) in [5, 5.41) is 0.579. The molecule has 1 aliphatic rings. The van der Waals surface area contributed by atoms with E-state index in [2.05, 4.69) is 19.9 Å². The fourth-order valence-electron chi connectivity index (χ4n) is 3.32. The molecule has 0 bridgehead atoms. The summed E-state index contributed by atoms with van der Waals surface area (Å²) in [7, 11) is 1.93. The van der Waals surface area contributed by atoms with E-state index in [0.29, 0.717) is 10.8 Å². The lowest BCUT2D eigenvalue weighted by molar-refractivity contribution is -0.148. The summed E-state index contributed by atoms with van der Waals surface area (Å²) >= 11 is 5.80. The molecule has 0 saturated carbocycles. The van der Waals surface area contributed by atoms with E-state index in [0.717, 1.165) is 16.9 Å². The van der Waals surface area contributed by atoms with Gasteiger partial charge in [0.1, 0.15) is 5.75 Å².